The summed E-state index contributed by atoms with van der Waals surface area (Å²) in [6.45, 7) is 1.59. The number of nitrogens with zero attached hydrogens (tertiary/aromatic N) is 1. The molecule has 0 aliphatic carbocycles. The number of likely N-dealkylation sites (N-methyl/N-ethyl adjacent to an activating group) is 1. The fourth-order valence-corrected chi connectivity index (χ4v) is 3.32. The molecule has 3 amide bonds. The lowest BCUT2D eigenvalue weighted by Gasteiger charge is -2.30. The first kappa shape index (κ1) is 27.8. The Labute approximate surface area is 192 Å². The van der Waals surface area contributed by atoms with Crippen LogP contribution < -0.4 is 21.3 Å². The van der Waals surface area contributed by atoms with Gasteiger partial charge in [-0.2, -0.15) is 11.8 Å². The third-order valence-electron chi connectivity index (χ3n) is 4.76. The van der Waals surface area contributed by atoms with Gasteiger partial charge in [0.05, 0.1) is 18.2 Å². The van der Waals surface area contributed by atoms with E-state index in [1.807, 2.05) is 6.26 Å². The summed E-state index contributed by atoms with van der Waals surface area (Å²) in [6, 6.07) is -1.81. The zero-order chi connectivity index (χ0) is 24.1. The average molecular weight is 472 g/mol. The monoisotopic (exact) mass is 471 g/mol. The number of rotatable bonds is 10. The number of allylic oxidation sites excluding steroid dienone is 1. The van der Waals surface area contributed by atoms with Crippen LogP contribution in [0.1, 0.15) is 26.2 Å². The number of carbonyl (C=O) groups excluding carboxylic acids is 5. The van der Waals surface area contributed by atoms with E-state index in [0.29, 0.717) is 31.2 Å². The second-order valence-electron chi connectivity index (χ2n) is 7.43. The van der Waals surface area contributed by atoms with Gasteiger partial charge in [0.25, 0.3) is 11.8 Å². The van der Waals surface area contributed by atoms with Crippen LogP contribution in [0.2, 0.25) is 0 Å². The molecule has 1 heterocycles. The number of aldehydes is 2. The summed E-state index contributed by atoms with van der Waals surface area (Å²) in [4.78, 5) is 62.3. The zero-order valence-corrected chi connectivity index (χ0v) is 19.4. The van der Waals surface area contributed by atoms with E-state index in [2.05, 4.69) is 21.3 Å². The molecule has 5 atom stereocenters. The lowest BCUT2D eigenvalue weighted by Crippen LogP contribution is -2.65. The number of hydrogen-bond donors (Lipinski definition) is 5. The molecule has 0 unspecified atom stereocenters. The number of hydrogen-bond acceptors (Lipinski definition) is 9. The van der Waals surface area contributed by atoms with Gasteiger partial charge in [-0.1, -0.05) is 12.2 Å². The van der Waals surface area contributed by atoms with Crippen molar-refractivity contribution in [2.24, 2.45) is 0 Å². The largest absolute Gasteiger partial charge is 0.391 e. The molecule has 11 nitrogen and oxygen atoms in total. The summed E-state index contributed by atoms with van der Waals surface area (Å²) < 4.78 is 0. The van der Waals surface area contributed by atoms with Crippen molar-refractivity contribution in [3.05, 3.63) is 12.2 Å². The standard InChI is InChI=1S/C20H33N5O6S/c1-13(28)15(12-27)22-18-20(31)25(2)9-6-4-5-7-16(29)23-17(19(30)24-18)21-14(11-26)8-10-32-3/h4,6,11-15,17-18,21-22,28H,5,7-10H2,1-3H3,(H,23,29)(H,24,30)/t13-,14+,15-,17-,18-/m1/s1. The second-order valence-corrected chi connectivity index (χ2v) is 8.42. The Morgan fingerprint density at radius 2 is 1.91 bits per heavy atom. The van der Waals surface area contributed by atoms with Crippen molar-refractivity contribution in [3.8, 4) is 0 Å². The van der Waals surface area contributed by atoms with Crippen LogP contribution in [0.25, 0.3) is 0 Å². The highest BCUT2D eigenvalue weighted by Crippen LogP contribution is 2.03. The molecule has 12 heteroatoms. The number of thioether (sulfide) groups is 1. The summed E-state index contributed by atoms with van der Waals surface area (Å²) in [6.07, 6.45) is 3.64. The van der Waals surface area contributed by atoms with Gasteiger partial charge < -0.3 is 30.2 Å². The Hall–Kier alpha value is -2.28. The quantitative estimate of drug-likeness (QED) is 0.182. The Morgan fingerprint density at radius 1 is 1.19 bits per heavy atom. The summed E-state index contributed by atoms with van der Waals surface area (Å²) in [5.74, 6) is -1.06. The molecule has 0 aromatic rings. The first-order chi connectivity index (χ1) is 15.2. The van der Waals surface area contributed by atoms with Crippen molar-refractivity contribution < 1.29 is 29.1 Å². The molecular formula is C20H33N5O6S. The van der Waals surface area contributed by atoms with E-state index in [0.717, 1.165) is 0 Å². The maximum absolute atomic E-state index is 13.0. The van der Waals surface area contributed by atoms with Crippen LogP contribution in [-0.4, -0.2) is 96.4 Å². The van der Waals surface area contributed by atoms with E-state index in [9.17, 15) is 29.1 Å². The summed E-state index contributed by atoms with van der Waals surface area (Å²) in [7, 11) is 1.52. The van der Waals surface area contributed by atoms with Crippen molar-refractivity contribution in [1.82, 2.24) is 26.2 Å². The summed E-state index contributed by atoms with van der Waals surface area (Å²) in [5, 5.41) is 20.2. The van der Waals surface area contributed by atoms with Gasteiger partial charge in [-0.15, -0.1) is 0 Å². The minimum Gasteiger partial charge on any atom is -0.391 e. The molecular weight excluding hydrogens is 438 g/mol. The molecule has 1 aliphatic heterocycles. The van der Waals surface area contributed by atoms with E-state index in [1.54, 1.807) is 12.2 Å². The van der Waals surface area contributed by atoms with Gasteiger partial charge in [0, 0.05) is 20.0 Å². The van der Waals surface area contributed by atoms with Gasteiger partial charge in [-0.05, 0) is 31.8 Å². The maximum atomic E-state index is 13.0. The normalized spacial score (nSPS) is 23.6. The lowest BCUT2D eigenvalue weighted by molar-refractivity contribution is -0.138. The SMILES string of the molecule is CSCC[C@@H](C=O)N[C@@H]1NC(=O)CCC=CCN(C)C(=O)[C@H](N[C@H](C=O)[C@@H](C)O)NC1=O. The van der Waals surface area contributed by atoms with Crippen LogP contribution >= 0.6 is 11.8 Å². The van der Waals surface area contributed by atoms with Gasteiger partial charge >= 0.3 is 0 Å². The van der Waals surface area contributed by atoms with Crippen molar-refractivity contribution in [2.75, 3.05) is 25.6 Å². The molecule has 0 spiro atoms. The van der Waals surface area contributed by atoms with E-state index in [1.165, 1.54) is 30.6 Å². The third-order valence-corrected chi connectivity index (χ3v) is 5.41. The smallest absolute Gasteiger partial charge is 0.260 e. The third kappa shape index (κ3) is 9.47. The molecule has 0 saturated carbocycles. The summed E-state index contributed by atoms with van der Waals surface area (Å²) >= 11 is 1.53. The Balaban J connectivity index is 3.18. The van der Waals surface area contributed by atoms with E-state index < -0.39 is 48.2 Å². The Kier molecular flexibility index (Phi) is 12.8. The van der Waals surface area contributed by atoms with E-state index in [4.69, 9.17) is 0 Å². The molecule has 1 aliphatic rings. The van der Waals surface area contributed by atoms with Crippen LogP contribution in [0.4, 0.5) is 0 Å². The number of aliphatic hydroxyl groups is 1. The number of amides is 3. The minimum atomic E-state index is -1.35. The molecule has 0 radical (unpaired) electrons. The van der Waals surface area contributed by atoms with E-state index in [-0.39, 0.29) is 13.0 Å². The Morgan fingerprint density at radius 3 is 2.50 bits per heavy atom. The van der Waals surface area contributed by atoms with Crippen molar-refractivity contribution in [1.29, 1.82) is 0 Å². The molecule has 0 fully saturated rings. The van der Waals surface area contributed by atoms with Crippen LogP contribution in [-0.2, 0) is 24.0 Å². The predicted molar refractivity (Wildman–Crippen MR) is 121 cm³/mol. The van der Waals surface area contributed by atoms with E-state index >= 15 is 0 Å². The number of aliphatic hydroxyl groups excluding tert-OH is 1. The second kappa shape index (κ2) is 14.7. The zero-order valence-electron chi connectivity index (χ0n) is 18.6. The van der Waals surface area contributed by atoms with Crippen molar-refractivity contribution >= 4 is 42.1 Å². The van der Waals surface area contributed by atoms with Crippen LogP contribution in [0, 0.1) is 0 Å². The Bertz CT molecular complexity index is 689. The molecule has 0 aromatic carbocycles. The van der Waals surface area contributed by atoms with Crippen LogP contribution in [0.3, 0.4) is 0 Å². The maximum Gasteiger partial charge on any atom is 0.260 e. The highest BCUT2D eigenvalue weighted by molar-refractivity contribution is 7.98. The number of carbonyl (C=O) groups is 5. The van der Waals surface area contributed by atoms with Gasteiger partial charge in [-0.3, -0.25) is 25.0 Å². The van der Waals surface area contributed by atoms with Crippen molar-refractivity contribution in [3.63, 3.8) is 0 Å². The fraction of sp³-hybridized carbons (Fsp3) is 0.650. The lowest BCUT2D eigenvalue weighted by atomic mass is 10.2. The molecule has 0 saturated heterocycles. The van der Waals surface area contributed by atoms with Crippen LogP contribution in [0.15, 0.2) is 12.2 Å². The highest BCUT2D eigenvalue weighted by Gasteiger charge is 2.32. The predicted octanol–water partition coefficient (Wildman–Crippen LogP) is -1.87. The minimum absolute atomic E-state index is 0.118. The molecule has 180 valence electrons. The van der Waals surface area contributed by atoms with Gasteiger partial charge in [0.15, 0.2) is 12.3 Å². The molecule has 32 heavy (non-hydrogen) atoms. The first-order valence-corrected chi connectivity index (χ1v) is 11.7. The molecule has 0 bridgehead atoms. The number of nitrogens with one attached hydrogen (secondary N) is 4. The molecule has 5 N–H and O–H groups in total. The van der Waals surface area contributed by atoms with Gasteiger partial charge in [0.2, 0.25) is 5.91 Å². The first-order valence-electron chi connectivity index (χ1n) is 10.3. The fourth-order valence-electron chi connectivity index (χ4n) is 2.83. The molecule has 1 rings (SSSR count). The molecule has 0 aromatic heterocycles. The van der Waals surface area contributed by atoms with Crippen molar-refractivity contribution in [2.45, 2.75) is 56.7 Å². The van der Waals surface area contributed by atoms with Gasteiger partial charge in [-0.25, -0.2) is 0 Å². The summed E-state index contributed by atoms with van der Waals surface area (Å²) in [5.41, 5.74) is 0. The topological polar surface area (TPSA) is 157 Å². The van der Waals surface area contributed by atoms with Crippen LogP contribution in [0.5, 0.6) is 0 Å². The highest BCUT2D eigenvalue weighted by atomic mass is 32.2. The van der Waals surface area contributed by atoms with Gasteiger partial charge in [0.1, 0.15) is 12.6 Å². The average Bonchev–Trinajstić information content (AvgIpc) is 2.77.